The second-order valence-electron chi connectivity index (χ2n) is 3.46. The molecule has 1 saturated heterocycles. The van der Waals surface area contributed by atoms with E-state index in [1.807, 2.05) is 0 Å². The summed E-state index contributed by atoms with van der Waals surface area (Å²) in [6.45, 7) is 1.22. The van der Waals surface area contributed by atoms with Gasteiger partial charge in [0, 0.05) is 6.04 Å². The zero-order valence-electron chi connectivity index (χ0n) is 7.29. The van der Waals surface area contributed by atoms with Gasteiger partial charge in [0.25, 0.3) is 0 Å². The highest BCUT2D eigenvalue weighted by atomic mass is 15.0. The normalized spacial score (nSPS) is 21.8. The molecule has 0 unspecified atom stereocenters. The number of aryl methyl sites for hydroxylation is 1. The van der Waals surface area contributed by atoms with Crippen LogP contribution in [0.25, 0.3) is 0 Å². The Balaban J connectivity index is 1.79. The van der Waals surface area contributed by atoms with Gasteiger partial charge in [0.15, 0.2) is 0 Å². The Morgan fingerprint density at radius 1 is 1.25 bits per heavy atom. The van der Waals surface area contributed by atoms with Crippen LogP contribution in [-0.2, 0) is 6.42 Å². The summed E-state index contributed by atoms with van der Waals surface area (Å²) < 4.78 is 0. The van der Waals surface area contributed by atoms with E-state index in [-0.39, 0.29) is 0 Å². The van der Waals surface area contributed by atoms with Crippen molar-refractivity contribution in [2.75, 3.05) is 6.54 Å². The van der Waals surface area contributed by atoms with Crippen molar-refractivity contribution in [1.82, 2.24) is 5.32 Å². The van der Waals surface area contributed by atoms with E-state index in [1.165, 1.54) is 31.4 Å². The molecule has 1 nitrogen and oxygen atoms in total. The van der Waals surface area contributed by atoms with Crippen LogP contribution in [0, 0.1) is 0 Å². The molecule has 0 amide bonds. The second kappa shape index (κ2) is 3.72. The van der Waals surface area contributed by atoms with Crippen molar-refractivity contribution in [2.24, 2.45) is 0 Å². The molecule has 2 rings (SSSR count). The van der Waals surface area contributed by atoms with Gasteiger partial charge in [0.05, 0.1) is 0 Å². The van der Waals surface area contributed by atoms with E-state index in [4.69, 9.17) is 0 Å². The molecule has 0 aromatic heterocycles. The van der Waals surface area contributed by atoms with Crippen molar-refractivity contribution in [2.45, 2.75) is 25.3 Å². The van der Waals surface area contributed by atoms with Crippen LogP contribution in [0.3, 0.4) is 0 Å². The summed E-state index contributed by atoms with van der Waals surface area (Å²) in [7, 11) is 0. The molecule has 1 aromatic rings. The lowest BCUT2D eigenvalue weighted by Crippen LogP contribution is -2.42. The van der Waals surface area contributed by atoms with Crippen LogP contribution in [-0.4, -0.2) is 12.6 Å². The van der Waals surface area contributed by atoms with Crippen molar-refractivity contribution in [1.29, 1.82) is 0 Å². The molecular formula is C11H15N. The lowest BCUT2D eigenvalue weighted by molar-refractivity contribution is 0.351. The first kappa shape index (κ1) is 7.81. The third-order valence-electron chi connectivity index (χ3n) is 2.55. The molecule has 0 bridgehead atoms. The topological polar surface area (TPSA) is 12.0 Å². The van der Waals surface area contributed by atoms with Gasteiger partial charge in [-0.1, -0.05) is 30.3 Å². The third-order valence-corrected chi connectivity index (χ3v) is 2.55. The van der Waals surface area contributed by atoms with Crippen molar-refractivity contribution < 1.29 is 0 Å². The predicted octanol–water partition coefficient (Wildman–Crippen LogP) is 1.98. The van der Waals surface area contributed by atoms with Gasteiger partial charge in [-0.3, -0.25) is 0 Å². The minimum Gasteiger partial charge on any atom is -0.314 e. The minimum atomic E-state index is 0.796. The smallest absolute Gasteiger partial charge is 0.00823 e. The Hall–Kier alpha value is -0.820. The first-order chi connectivity index (χ1) is 5.95. The predicted molar refractivity (Wildman–Crippen MR) is 51.2 cm³/mol. The van der Waals surface area contributed by atoms with E-state index in [0.717, 1.165) is 6.04 Å². The molecule has 1 heterocycles. The van der Waals surface area contributed by atoms with E-state index in [0.29, 0.717) is 0 Å². The Morgan fingerprint density at radius 2 is 2.00 bits per heavy atom. The fourth-order valence-corrected chi connectivity index (χ4v) is 1.58. The van der Waals surface area contributed by atoms with Crippen LogP contribution < -0.4 is 5.32 Å². The molecule has 1 N–H and O–H groups in total. The first-order valence-corrected chi connectivity index (χ1v) is 4.72. The molecular weight excluding hydrogens is 146 g/mol. The fraction of sp³-hybridized carbons (Fsp3) is 0.455. The summed E-state index contributed by atoms with van der Waals surface area (Å²) in [5.74, 6) is 0. The Kier molecular flexibility index (Phi) is 2.42. The maximum Gasteiger partial charge on any atom is 0.00823 e. The zero-order valence-corrected chi connectivity index (χ0v) is 7.29. The quantitative estimate of drug-likeness (QED) is 0.714. The monoisotopic (exact) mass is 161 g/mol. The fourth-order valence-electron chi connectivity index (χ4n) is 1.58. The molecule has 64 valence electrons. The molecule has 1 atom stereocenters. The molecule has 1 aliphatic rings. The summed E-state index contributed by atoms with van der Waals surface area (Å²) in [6.07, 6.45) is 3.88. The number of hydrogen-bond donors (Lipinski definition) is 1. The van der Waals surface area contributed by atoms with Gasteiger partial charge in [-0.2, -0.15) is 0 Å². The number of rotatable bonds is 3. The molecule has 0 aliphatic carbocycles. The molecule has 0 saturated carbocycles. The van der Waals surface area contributed by atoms with Crippen LogP contribution in [0.15, 0.2) is 30.3 Å². The van der Waals surface area contributed by atoms with E-state index in [9.17, 15) is 0 Å². The molecule has 12 heavy (non-hydrogen) atoms. The maximum absolute atomic E-state index is 3.42. The molecule has 1 heteroatoms. The van der Waals surface area contributed by atoms with Crippen LogP contribution in [0.2, 0.25) is 0 Å². The maximum atomic E-state index is 3.42. The van der Waals surface area contributed by atoms with Crippen LogP contribution in [0.1, 0.15) is 18.4 Å². The van der Waals surface area contributed by atoms with E-state index < -0.39 is 0 Å². The third kappa shape index (κ3) is 1.86. The van der Waals surface area contributed by atoms with E-state index in [2.05, 4.69) is 35.6 Å². The lowest BCUT2D eigenvalue weighted by Gasteiger charge is -2.27. The number of benzene rings is 1. The molecule has 1 fully saturated rings. The van der Waals surface area contributed by atoms with Crippen molar-refractivity contribution in [3.8, 4) is 0 Å². The van der Waals surface area contributed by atoms with Crippen LogP contribution in [0.4, 0.5) is 0 Å². The van der Waals surface area contributed by atoms with Gasteiger partial charge in [0.1, 0.15) is 0 Å². The molecule has 1 aliphatic heterocycles. The molecule has 0 spiro atoms. The highest BCUT2D eigenvalue weighted by molar-refractivity contribution is 5.14. The Bertz CT molecular complexity index is 226. The van der Waals surface area contributed by atoms with Crippen LogP contribution >= 0.6 is 0 Å². The van der Waals surface area contributed by atoms with Crippen molar-refractivity contribution in [3.05, 3.63) is 35.9 Å². The summed E-state index contributed by atoms with van der Waals surface area (Å²) in [4.78, 5) is 0. The molecule has 1 aromatic carbocycles. The lowest BCUT2D eigenvalue weighted by atomic mass is 9.99. The number of hydrogen-bond acceptors (Lipinski definition) is 1. The second-order valence-corrected chi connectivity index (χ2v) is 3.46. The highest BCUT2D eigenvalue weighted by Crippen LogP contribution is 2.11. The van der Waals surface area contributed by atoms with Gasteiger partial charge in [-0.15, -0.1) is 0 Å². The summed E-state index contributed by atoms with van der Waals surface area (Å²) >= 11 is 0. The van der Waals surface area contributed by atoms with Crippen LogP contribution in [0.5, 0.6) is 0 Å². The van der Waals surface area contributed by atoms with Crippen molar-refractivity contribution in [3.63, 3.8) is 0 Å². The standard InChI is InChI=1S/C11H15N/c1-2-4-10(5-3-1)6-7-11-8-9-12-11/h1-5,11-12H,6-9H2/t11-/m1/s1. The van der Waals surface area contributed by atoms with Gasteiger partial charge >= 0.3 is 0 Å². The van der Waals surface area contributed by atoms with E-state index >= 15 is 0 Å². The summed E-state index contributed by atoms with van der Waals surface area (Å²) in [5, 5.41) is 3.42. The first-order valence-electron chi connectivity index (χ1n) is 4.72. The highest BCUT2D eigenvalue weighted by Gasteiger charge is 2.14. The number of nitrogens with one attached hydrogen (secondary N) is 1. The van der Waals surface area contributed by atoms with Gasteiger partial charge < -0.3 is 5.32 Å². The Labute approximate surface area is 73.8 Å². The minimum absolute atomic E-state index is 0.796. The van der Waals surface area contributed by atoms with Gasteiger partial charge in [0.2, 0.25) is 0 Å². The van der Waals surface area contributed by atoms with Gasteiger partial charge in [-0.25, -0.2) is 0 Å². The zero-order chi connectivity index (χ0) is 8.23. The summed E-state index contributed by atoms with van der Waals surface area (Å²) in [5.41, 5.74) is 1.46. The SMILES string of the molecule is c1ccc(CC[C@@H]2CCN2)cc1. The Morgan fingerprint density at radius 3 is 2.58 bits per heavy atom. The average Bonchev–Trinajstić information content (AvgIpc) is 2.04. The summed E-state index contributed by atoms with van der Waals surface area (Å²) in [6, 6.07) is 11.5. The molecule has 0 radical (unpaired) electrons. The van der Waals surface area contributed by atoms with E-state index in [1.54, 1.807) is 0 Å². The average molecular weight is 161 g/mol. The van der Waals surface area contributed by atoms with Crippen molar-refractivity contribution >= 4 is 0 Å². The van der Waals surface area contributed by atoms with Gasteiger partial charge in [-0.05, 0) is 31.4 Å². The largest absolute Gasteiger partial charge is 0.314 e.